The summed E-state index contributed by atoms with van der Waals surface area (Å²) in [7, 11) is 0. The molecular formula is C12H20N4O2. The second kappa shape index (κ2) is 5.39. The highest BCUT2D eigenvalue weighted by Gasteiger charge is 2.19. The fourth-order valence-corrected chi connectivity index (χ4v) is 1.94. The predicted octanol–water partition coefficient (Wildman–Crippen LogP) is 0.955. The molecule has 0 aliphatic carbocycles. The van der Waals surface area contributed by atoms with Crippen molar-refractivity contribution in [3.05, 3.63) is 11.9 Å². The van der Waals surface area contributed by atoms with E-state index in [9.17, 15) is 4.79 Å². The number of carbonyl (C=O) groups excluding carboxylic acids is 1. The fraction of sp³-hybridized carbons (Fsp3) is 0.667. The molecule has 0 aromatic carbocycles. The van der Waals surface area contributed by atoms with Crippen LogP contribution in [0, 0.1) is 0 Å². The normalized spacial score (nSPS) is 19.4. The Bertz CT molecular complexity index is 422. The van der Waals surface area contributed by atoms with Crippen LogP contribution in [0.4, 0.5) is 5.69 Å². The average Bonchev–Trinajstić information content (AvgIpc) is 2.94. The van der Waals surface area contributed by atoms with Crippen molar-refractivity contribution >= 4 is 11.6 Å². The van der Waals surface area contributed by atoms with Crippen molar-refractivity contribution in [1.82, 2.24) is 15.1 Å². The first-order valence-corrected chi connectivity index (χ1v) is 6.32. The van der Waals surface area contributed by atoms with Crippen LogP contribution in [0.15, 0.2) is 6.20 Å². The van der Waals surface area contributed by atoms with Gasteiger partial charge in [-0.15, -0.1) is 0 Å². The summed E-state index contributed by atoms with van der Waals surface area (Å²) >= 11 is 0. The number of nitrogens with two attached hydrogens (primary N) is 1. The molecule has 0 saturated carbocycles. The van der Waals surface area contributed by atoms with Crippen LogP contribution in [0.2, 0.25) is 0 Å². The zero-order valence-corrected chi connectivity index (χ0v) is 10.8. The van der Waals surface area contributed by atoms with Gasteiger partial charge in [0.15, 0.2) is 5.69 Å². The molecule has 100 valence electrons. The molecule has 0 bridgehead atoms. The minimum atomic E-state index is -0.234. The lowest BCUT2D eigenvalue weighted by Gasteiger charge is -2.10. The average molecular weight is 252 g/mol. The number of aromatic nitrogens is 2. The molecule has 0 spiro atoms. The van der Waals surface area contributed by atoms with E-state index in [0.29, 0.717) is 17.9 Å². The number of hydrogen-bond acceptors (Lipinski definition) is 4. The zero-order valence-electron chi connectivity index (χ0n) is 10.8. The summed E-state index contributed by atoms with van der Waals surface area (Å²) in [6.07, 6.45) is 3.87. The number of rotatable bonds is 4. The van der Waals surface area contributed by atoms with Gasteiger partial charge in [-0.2, -0.15) is 5.10 Å². The molecular weight excluding hydrogens is 232 g/mol. The number of ether oxygens (including phenoxy) is 1. The summed E-state index contributed by atoms with van der Waals surface area (Å²) in [4.78, 5) is 11.9. The van der Waals surface area contributed by atoms with Gasteiger partial charge in [0.25, 0.3) is 5.91 Å². The van der Waals surface area contributed by atoms with Crippen LogP contribution in [0.5, 0.6) is 0 Å². The second-order valence-electron chi connectivity index (χ2n) is 4.85. The Hall–Kier alpha value is -1.56. The van der Waals surface area contributed by atoms with E-state index in [2.05, 4.69) is 10.4 Å². The number of carbonyl (C=O) groups is 1. The third-order valence-corrected chi connectivity index (χ3v) is 3.02. The molecule has 1 unspecified atom stereocenters. The summed E-state index contributed by atoms with van der Waals surface area (Å²) in [5, 5.41) is 7.01. The van der Waals surface area contributed by atoms with Crippen LogP contribution >= 0.6 is 0 Å². The number of nitrogens with one attached hydrogen (secondary N) is 1. The maximum Gasteiger partial charge on any atom is 0.274 e. The van der Waals surface area contributed by atoms with E-state index in [1.165, 1.54) is 0 Å². The molecule has 1 aromatic rings. The molecule has 6 nitrogen and oxygen atoms in total. The third-order valence-electron chi connectivity index (χ3n) is 3.02. The molecule has 1 aliphatic heterocycles. The van der Waals surface area contributed by atoms with Crippen LogP contribution in [0.3, 0.4) is 0 Å². The molecule has 6 heteroatoms. The topological polar surface area (TPSA) is 82.2 Å². The number of nitrogens with zero attached hydrogens (tertiary/aromatic N) is 2. The van der Waals surface area contributed by atoms with Gasteiger partial charge in [0.2, 0.25) is 0 Å². The van der Waals surface area contributed by atoms with Crippen molar-refractivity contribution in [3.8, 4) is 0 Å². The maximum absolute atomic E-state index is 11.9. The quantitative estimate of drug-likeness (QED) is 0.836. The van der Waals surface area contributed by atoms with Crippen LogP contribution in [0.25, 0.3) is 0 Å². The molecule has 1 atom stereocenters. The third kappa shape index (κ3) is 2.81. The van der Waals surface area contributed by atoms with Crippen molar-refractivity contribution in [1.29, 1.82) is 0 Å². The van der Waals surface area contributed by atoms with Crippen LogP contribution in [-0.2, 0) is 4.74 Å². The van der Waals surface area contributed by atoms with Crippen LogP contribution in [0.1, 0.15) is 43.2 Å². The highest BCUT2D eigenvalue weighted by molar-refractivity contribution is 5.97. The van der Waals surface area contributed by atoms with Gasteiger partial charge in [-0.25, -0.2) is 0 Å². The highest BCUT2D eigenvalue weighted by atomic mass is 16.5. The van der Waals surface area contributed by atoms with E-state index in [4.69, 9.17) is 10.5 Å². The Labute approximate surface area is 106 Å². The lowest BCUT2D eigenvalue weighted by molar-refractivity contribution is 0.0853. The summed E-state index contributed by atoms with van der Waals surface area (Å²) in [5.74, 6) is -0.234. The predicted molar refractivity (Wildman–Crippen MR) is 68.3 cm³/mol. The molecule has 1 aromatic heterocycles. The Kier molecular flexibility index (Phi) is 3.86. The molecule has 3 N–H and O–H groups in total. The van der Waals surface area contributed by atoms with E-state index in [1.54, 1.807) is 10.9 Å². The SMILES string of the molecule is CC(C)n1cc(N)c(C(=O)NCC2CCCO2)n1. The number of amides is 1. The van der Waals surface area contributed by atoms with Crippen molar-refractivity contribution in [2.24, 2.45) is 0 Å². The zero-order chi connectivity index (χ0) is 13.1. The van der Waals surface area contributed by atoms with Crippen molar-refractivity contribution in [2.75, 3.05) is 18.9 Å². The summed E-state index contributed by atoms with van der Waals surface area (Å²) < 4.78 is 7.13. The molecule has 1 aliphatic rings. The summed E-state index contributed by atoms with van der Waals surface area (Å²) in [6.45, 7) is 5.28. The monoisotopic (exact) mass is 252 g/mol. The van der Waals surface area contributed by atoms with Gasteiger partial charge in [0.1, 0.15) is 0 Å². The van der Waals surface area contributed by atoms with Crippen molar-refractivity contribution in [3.63, 3.8) is 0 Å². The standard InChI is InChI=1S/C12H20N4O2/c1-8(2)16-7-10(13)11(15-16)12(17)14-6-9-4-3-5-18-9/h7-9H,3-6,13H2,1-2H3,(H,14,17). The second-order valence-corrected chi connectivity index (χ2v) is 4.85. The van der Waals surface area contributed by atoms with Crippen LogP contribution < -0.4 is 11.1 Å². The van der Waals surface area contributed by atoms with Crippen molar-refractivity contribution in [2.45, 2.75) is 38.8 Å². The van der Waals surface area contributed by atoms with E-state index >= 15 is 0 Å². The molecule has 1 amide bonds. The highest BCUT2D eigenvalue weighted by Crippen LogP contribution is 2.14. The van der Waals surface area contributed by atoms with Gasteiger partial charge in [-0.1, -0.05) is 0 Å². The Balaban J connectivity index is 1.95. The van der Waals surface area contributed by atoms with Gasteiger partial charge >= 0.3 is 0 Å². The largest absolute Gasteiger partial charge is 0.396 e. The molecule has 1 fully saturated rings. The van der Waals surface area contributed by atoms with Crippen molar-refractivity contribution < 1.29 is 9.53 Å². The first kappa shape index (κ1) is 12.9. The minimum Gasteiger partial charge on any atom is -0.396 e. The summed E-state index contributed by atoms with van der Waals surface area (Å²) in [5.41, 5.74) is 6.49. The van der Waals surface area contributed by atoms with E-state index in [0.717, 1.165) is 19.4 Å². The lowest BCUT2D eigenvalue weighted by Crippen LogP contribution is -2.32. The number of anilines is 1. The molecule has 1 saturated heterocycles. The fourth-order valence-electron chi connectivity index (χ4n) is 1.94. The van der Waals surface area contributed by atoms with Gasteiger partial charge < -0.3 is 15.8 Å². The van der Waals surface area contributed by atoms with E-state index < -0.39 is 0 Å². The van der Waals surface area contributed by atoms with E-state index in [-0.39, 0.29) is 18.1 Å². The van der Waals surface area contributed by atoms with Gasteiger partial charge in [-0.05, 0) is 26.7 Å². The van der Waals surface area contributed by atoms with E-state index in [1.807, 2.05) is 13.8 Å². The first-order valence-electron chi connectivity index (χ1n) is 6.32. The Morgan fingerprint density at radius 3 is 3.06 bits per heavy atom. The van der Waals surface area contributed by atoms with Gasteiger partial charge in [0, 0.05) is 25.4 Å². The molecule has 2 rings (SSSR count). The Morgan fingerprint density at radius 1 is 1.72 bits per heavy atom. The first-order chi connectivity index (χ1) is 8.58. The molecule has 2 heterocycles. The Morgan fingerprint density at radius 2 is 2.50 bits per heavy atom. The molecule has 18 heavy (non-hydrogen) atoms. The molecule has 0 radical (unpaired) electrons. The van der Waals surface area contributed by atoms with Gasteiger partial charge in [0.05, 0.1) is 11.8 Å². The minimum absolute atomic E-state index is 0.127. The maximum atomic E-state index is 11.9. The number of hydrogen-bond donors (Lipinski definition) is 2. The van der Waals surface area contributed by atoms with Gasteiger partial charge in [-0.3, -0.25) is 9.48 Å². The number of nitrogen functional groups attached to an aromatic ring is 1. The summed E-state index contributed by atoms with van der Waals surface area (Å²) in [6, 6.07) is 0.187. The smallest absolute Gasteiger partial charge is 0.274 e. The van der Waals surface area contributed by atoms with Crippen LogP contribution in [-0.4, -0.2) is 34.9 Å². The lowest BCUT2D eigenvalue weighted by atomic mass is 10.2.